The molecule has 1 fully saturated rings. The molecule has 3 rings (SSSR count). The number of nitrogens with zero attached hydrogens (tertiary/aromatic N) is 2. The fourth-order valence-corrected chi connectivity index (χ4v) is 2.13. The highest BCUT2D eigenvalue weighted by molar-refractivity contribution is 5.53. The first-order valence-electron chi connectivity index (χ1n) is 6.14. The van der Waals surface area contributed by atoms with Gasteiger partial charge in [0, 0.05) is 24.8 Å². The maximum Gasteiger partial charge on any atom is 0.0706 e. The molecule has 2 N–H and O–H groups in total. The van der Waals surface area contributed by atoms with Crippen molar-refractivity contribution >= 4 is 5.52 Å². The van der Waals surface area contributed by atoms with Gasteiger partial charge in [-0.05, 0) is 30.9 Å². The van der Waals surface area contributed by atoms with E-state index in [-0.39, 0.29) is 6.10 Å². The number of aliphatic hydroxyl groups excluding tert-OH is 1. The topological polar surface area (TPSA) is 49.6 Å². The Kier molecular flexibility index (Phi) is 2.82. The van der Waals surface area contributed by atoms with E-state index in [1.807, 2.05) is 29.0 Å². The van der Waals surface area contributed by atoms with E-state index < -0.39 is 0 Å². The van der Waals surface area contributed by atoms with E-state index >= 15 is 0 Å². The highest BCUT2D eigenvalue weighted by Gasteiger charge is 2.29. The summed E-state index contributed by atoms with van der Waals surface area (Å²) in [5.41, 5.74) is 2.30. The Morgan fingerprint density at radius 2 is 2.35 bits per heavy atom. The van der Waals surface area contributed by atoms with Gasteiger partial charge in [-0.25, -0.2) is 4.52 Å². The molecule has 1 saturated carbocycles. The number of fused-ring (bicyclic) bond motifs is 1. The number of aliphatic hydroxyl groups is 1. The molecule has 0 saturated heterocycles. The molecule has 0 radical (unpaired) electrons. The monoisotopic (exact) mass is 231 g/mol. The summed E-state index contributed by atoms with van der Waals surface area (Å²) in [5, 5.41) is 17.3. The second kappa shape index (κ2) is 4.47. The van der Waals surface area contributed by atoms with Crippen LogP contribution in [0.4, 0.5) is 0 Å². The van der Waals surface area contributed by atoms with Gasteiger partial charge in [-0.2, -0.15) is 5.10 Å². The van der Waals surface area contributed by atoms with E-state index in [4.69, 9.17) is 0 Å². The lowest BCUT2D eigenvalue weighted by Crippen LogP contribution is -2.27. The van der Waals surface area contributed by atoms with Gasteiger partial charge in [-0.3, -0.25) is 0 Å². The lowest BCUT2D eigenvalue weighted by atomic mass is 10.2. The molecule has 0 bridgehead atoms. The summed E-state index contributed by atoms with van der Waals surface area (Å²) in [6.07, 6.45) is 6.00. The van der Waals surface area contributed by atoms with Crippen LogP contribution in [0.5, 0.6) is 0 Å². The molecule has 90 valence electrons. The summed E-state index contributed by atoms with van der Waals surface area (Å²) in [7, 11) is 0. The number of rotatable bonds is 5. The van der Waals surface area contributed by atoms with Crippen molar-refractivity contribution in [3.05, 3.63) is 36.2 Å². The van der Waals surface area contributed by atoms with Crippen molar-refractivity contribution in [2.75, 3.05) is 6.54 Å². The molecule has 0 aromatic carbocycles. The van der Waals surface area contributed by atoms with Crippen molar-refractivity contribution in [2.24, 2.45) is 5.92 Å². The fraction of sp³-hybridized carbons (Fsp3) is 0.462. The molecular formula is C13H17N3O. The van der Waals surface area contributed by atoms with Crippen LogP contribution >= 0.6 is 0 Å². The fourth-order valence-electron chi connectivity index (χ4n) is 2.13. The first kappa shape index (κ1) is 10.7. The second-order valence-electron chi connectivity index (χ2n) is 4.74. The van der Waals surface area contributed by atoms with Gasteiger partial charge in [0.2, 0.25) is 0 Å². The van der Waals surface area contributed by atoms with Gasteiger partial charge in [0.25, 0.3) is 0 Å². The summed E-state index contributed by atoms with van der Waals surface area (Å²) in [6, 6.07) is 6.04. The largest absolute Gasteiger partial charge is 0.392 e. The molecule has 2 aromatic heterocycles. The first-order valence-corrected chi connectivity index (χ1v) is 6.14. The maximum atomic E-state index is 9.75. The Morgan fingerprint density at radius 3 is 3.18 bits per heavy atom. The van der Waals surface area contributed by atoms with Crippen LogP contribution in [0.15, 0.2) is 30.6 Å². The van der Waals surface area contributed by atoms with E-state index in [9.17, 15) is 5.11 Å². The van der Waals surface area contributed by atoms with Crippen molar-refractivity contribution in [2.45, 2.75) is 25.5 Å². The number of hydrogen-bond acceptors (Lipinski definition) is 3. The minimum Gasteiger partial charge on any atom is -0.392 e. The Balaban J connectivity index is 1.60. The minimum atomic E-state index is -0.183. The Morgan fingerprint density at radius 1 is 1.47 bits per heavy atom. The van der Waals surface area contributed by atoms with Crippen LogP contribution < -0.4 is 5.32 Å². The Labute approximate surface area is 100 Å². The number of nitrogens with one attached hydrogen (secondary N) is 1. The van der Waals surface area contributed by atoms with Crippen molar-refractivity contribution in [1.82, 2.24) is 14.9 Å². The molecule has 1 aliphatic carbocycles. The van der Waals surface area contributed by atoms with Gasteiger partial charge in [-0.15, -0.1) is 0 Å². The molecule has 1 unspecified atom stereocenters. The average Bonchev–Trinajstić information content (AvgIpc) is 3.12. The van der Waals surface area contributed by atoms with Crippen LogP contribution in [0.1, 0.15) is 18.4 Å². The van der Waals surface area contributed by atoms with Crippen molar-refractivity contribution in [3.8, 4) is 0 Å². The van der Waals surface area contributed by atoms with Crippen LogP contribution in [-0.4, -0.2) is 27.4 Å². The van der Waals surface area contributed by atoms with Crippen LogP contribution in [0, 0.1) is 5.92 Å². The number of hydrogen-bond donors (Lipinski definition) is 2. The third-order valence-electron chi connectivity index (χ3n) is 3.34. The summed E-state index contributed by atoms with van der Waals surface area (Å²) in [4.78, 5) is 0. The summed E-state index contributed by atoms with van der Waals surface area (Å²) < 4.78 is 1.87. The zero-order chi connectivity index (χ0) is 11.7. The summed E-state index contributed by atoms with van der Waals surface area (Å²) in [5.74, 6) is 0.534. The van der Waals surface area contributed by atoms with E-state index in [0.29, 0.717) is 12.5 Å². The average molecular weight is 231 g/mol. The van der Waals surface area contributed by atoms with E-state index in [0.717, 1.165) is 12.1 Å². The minimum absolute atomic E-state index is 0.183. The Hall–Kier alpha value is -1.39. The summed E-state index contributed by atoms with van der Waals surface area (Å²) >= 11 is 0. The number of pyridine rings is 1. The molecule has 2 aromatic rings. The van der Waals surface area contributed by atoms with Gasteiger partial charge in [0.05, 0.1) is 17.8 Å². The third-order valence-corrected chi connectivity index (χ3v) is 3.34. The molecule has 0 spiro atoms. The molecule has 2 heterocycles. The molecule has 1 aliphatic rings. The Bertz CT molecular complexity index is 504. The SMILES string of the molecule is OC(CNCc1cnn2ccccc12)C1CC1. The zero-order valence-corrected chi connectivity index (χ0v) is 9.71. The second-order valence-corrected chi connectivity index (χ2v) is 4.74. The number of aromatic nitrogens is 2. The van der Waals surface area contributed by atoms with Crippen molar-refractivity contribution in [1.29, 1.82) is 0 Å². The van der Waals surface area contributed by atoms with Crippen LogP contribution in [0.3, 0.4) is 0 Å². The first-order chi connectivity index (χ1) is 8.34. The van der Waals surface area contributed by atoms with Gasteiger partial charge in [0.15, 0.2) is 0 Å². The predicted molar refractivity (Wildman–Crippen MR) is 65.6 cm³/mol. The van der Waals surface area contributed by atoms with Gasteiger partial charge in [0.1, 0.15) is 0 Å². The smallest absolute Gasteiger partial charge is 0.0706 e. The highest BCUT2D eigenvalue weighted by Crippen LogP contribution is 2.32. The molecule has 4 nitrogen and oxygen atoms in total. The van der Waals surface area contributed by atoms with E-state index in [2.05, 4.69) is 16.5 Å². The lowest BCUT2D eigenvalue weighted by Gasteiger charge is -2.09. The molecule has 0 amide bonds. The quantitative estimate of drug-likeness (QED) is 0.813. The predicted octanol–water partition coefficient (Wildman–Crippen LogP) is 1.19. The maximum absolute atomic E-state index is 9.75. The molecule has 1 atom stereocenters. The molecule has 0 aliphatic heterocycles. The van der Waals surface area contributed by atoms with Crippen molar-refractivity contribution in [3.63, 3.8) is 0 Å². The van der Waals surface area contributed by atoms with Crippen LogP contribution in [0.2, 0.25) is 0 Å². The molecule has 4 heteroatoms. The van der Waals surface area contributed by atoms with E-state index in [1.165, 1.54) is 18.4 Å². The van der Waals surface area contributed by atoms with E-state index in [1.54, 1.807) is 0 Å². The van der Waals surface area contributed by atoms with Crippen molar-refractivity contribution < 1.29 is 5.11 Å². The summed E-state index contributed by atoms with van der Waals surface area (Å²) in [6.45, 7) is 1.44. The normalized spacial score (nSPS) is 17.5. The zero-order valence-electron chi connectivity index (χ0n) is 9.71. The van der Waals surface area contributed by atoms with Gasteiger partial charge < -0.3 is 10.4 Å². The standard InChI is InChI=1S/C13H17N3O/c17-13(10-4-5-10)9-14-7-11-8-15-16-6-2-1-3-12(11)16/h1-3,6,8,10,13-14,17H,4-5,7,9H2. The molecular weight excluding hydrogens is 214 g/mol. The molecule has 17 heavy (non-hydrogen) atoms. The van der Waals surface area contributed by atoms with Crippen LogP contribution in [-0.2, 0) is 6.54 Å². The van der Waals surface area contributed by atoms with Crippen LogP contribution in [0.25, 0.3) is 5.52 Å². The van der Waals surface area contributed by atoms with Gasteiger partial charge >= 0.3 is 0 Å². The third kappa shape index (κ3) is 2.33. The van der Waals surface area contributed by atoms with Gasteiger partial charge in [-0.1, -0.05) is 6.07 Å². The highest BCUT2D eigenvalue weighted by atomic mass is 16.3. The lowest BCUT2D eigenvalue weighted by molar-refractivity contribution is 0.148.